The molecule has 0 aromatic rings. The molecule has 0 unspecified atom stereocenters. The van der Waals surface area contributed by atoms with E-state index in [1.807, 2.05) is 5.43 Å². The number of carbonyl (C=O) groups excluding carboxylic acids is 2. The van der Waals surface area contributed by atoms with E-state index < -0.39 is 42.9 Å². The third-order valence-electron chi connectivity index (χ3n) is 2.27. The van der Waals surface area contributed by atoms with Crippen molar-refractivity contribution >= 4 is 11.9 Å². The number of hydrogen-bond acceptors (Lipinski definition) is 9. The summed E-state index contributed by atoms with van der Waals surface area (Å²) in [6.07, 6.45) is -7.70. The monoisotopic (exact) mass is 296 g/mol. The topological polar surface area (TPSA) is 169 Å². The van der Waals surface area contributed by atoms with Crippen LogP contribution in [0, 0.1) is 0 Å². The van der Waals surface area contributed by atoms with E-state index in [9.17, 15) is 24.9 Å². The maximum atomic E-state index is 11.3. The molecule has 0 bridgehead atoms. The van der Waals surface area contributed by atoms with Crippen LogP contribution in [0.15, 0.2) is 0 Å². The largest absolute Gasteiger partial charge is 0.465 e. The zero-order chi connectivity index (χ0) is 15.7. The molecule has 10 heteroatoms. The number of aliphatic hydroxyl groups excluding tert-OH is 5. The van der Waals surface area contributed by atoms with Crippen LogP contribution in [0.5, 0.6) is 0 Å². The Labute approximate surface area is 115 Å². The number of aliphatic hydroxyl groups is 5. The van der Waals surface area contributed by atoms with Crippen molar-refractivity contribution in [1.82, 2.24) is 10.9 Å². The number of rotatable bonds is 9. The Balaban J connectivity index is 4.17. The van der Waals surface area contributed by atoms with Gasteiger partial charge in [-0.2, -0.15) is 0 Å². The van der Waals surface area contributed by atoms with Gasteiger partial charge in [0, 0.05) is 0 Å². The van der Waals surface area contributed by atoms with E-state index in [-0.39, 0.29) is 13.2 Å². The van der Waals surface area contributed by atoms with Crippen molar-refractivity contribution in [1.29, 1.82) is 0 Å². The van der Waals surface area contributed by atoms with E-state index in [4.69, 9.17) is 10.2 Å². The van der Waals surface area contributed by atoms with Gasteiger partial charge < -0.3 is 30.3 Å². The Morgan fingerprint density at radius 1 is 1.15 bits per heavy atom. The molecule has 0 aliphatic carbocycles. The van der Waals surface area contributed by atoms with Crippen LogP contribution in [-0.2, 0) is 14.3 Å². The van der Waals surface area contributed by atoms with Crippen LogP contribution in [0.1, 0.15) is 6.92 Å². The van der Waals surface area contributed by atoms with Crippen LogP contribution in [0.4, 0.5) is 0 Å². The Bertz CT molecular complexity index is 314. The fourth-order valence-corrected chi connectivity index (χ4v) is 1.17. The van der Waals surface area contributed by atoms with Crippen molar-refractivity contribution in [3.8, 4) is 0 Å². The fourth-order valence-electron chi connectivity index (χ4n) is 1.17. The Morgan fingerprint density at radius 2 is 1.75 bits per heavy atom. The van der Waals surface area contributed by atoms with Gasteiger partial charge >= 0.3 is 5.97 Å². The summed E-state index contributed by atoms with van der Waals surface area (Å²) in [7, 11) is 0. The van der Waals surface area contributed by atoms with E-state index in [1.165, 1.54) is 0 Å². The molecule has 7 N–H and O–H groups in total. The zero-order valence-electron chi connectivity index (χ0n) is 10.9. The van der Waals surface area contributed by atoms with Gasteiger partial charge in [0.25, 0.3) is 5.91 Å². The average molecular weight is 296 g/mol. The summed E-state index contributed by atoms with van der Waals surface area (Å²) in [4.78, 5) is 22.3. The number of ether oxygens (including phenoxy) is 1. The highest BCUT2D eigenvalue weighted by molar-refractivity contribution is 5.81. The molecule has 118 valence electrons. The number of hydrazine groups is 1. The third kappa shape index (κ3) is 6.23. The molecular formula is C10H20N2O8. The lowest BCUT2D eigenvalue weighted by molar-refractivity contribution is -0.150. The predicted octanol–water partition coefficient (Wildman–Crippen LogP) is -4.39. The first kappa shape index (κ1) is 18.7. The number of amides is 1. The molecule has 0 aliphatic heterocycles. The van der Waals surface area contributed by atoms with Crippen molar-refractivity contribution in [2.24, 2.45) is 0 Å². The van der Waals surface area contributed by atoms with E-state index in [2.05, 4.69) is 10.2 Å². The van der Waals surface area contributed by atoms with Crippen LogP contribution in [0.3, 0.4) is 0 Å². The van der Waals surface area contributed by atoms with E-state index in [0.717, 1.165) is 0 Å². The molecular weight excluding hydrogens is 276 g/mol. The number of nitrogens with one attached hydrogen (secondary N) is 2. The van der Waals surface area contributed by atoms with Crippen molar-refractivity contribution in [2.45, 2.75) is 31.3 Å². The standard InChI is InChI=1S/C10H20N2O8/c1-2-20-6(15)3-11-12-10(19)9(18)8(17)7(16)5(14)4-13/h5,7-9,11,13-14,16-18H,2-4H2,1H3,(H,12,19)/t5-,7-,8-,9-/m1/s1. The molecule has 0 heterocycles. The maximum Gasteiger partial charge on any atom is 0.321 e. The number of hydrogen-bond donors (Lipinski definition) is 7. The normalized spacial score (nSPS) is 16.9. The Hall–Kier alpha value is -1.30. The minimum atomic E-state index is -2.07. The zero-order valence-corrected chi connectivity index (χ0v) is 10.9. The van der Waals surface area contributed by atoms with E-state index >= 15 is 0 Å². The molecule has 0 aromatic carbocycles. The van der Waals surface area contributed by atoms with Gasteiger partial charge in [-0.1, -0.05) is 0 Å². The fraction of sp³-hybridized carbons (Fsp3) is 0.800. The highest BCUT2D eigenvalue weighted by Gasteiger charge is 2.34. The molecule has 0 aliphatic rings. The first-order chi connectivity index (χ1) is 9.34. The first-order valence-corrected chi connectivity index (χ1v) is 5.86. The predicted molar refractivity (Wildman–Crippen MR) is 63.9 cm³/mol. The lowest BCUT2D eigenvalue weighted by Crippen LogP contribution is -2.54. The van der Waals surface area contributed by atoms with Crippen molar-refractivity contribution in [3.05, 3.63) is 0 Å². The summed E-state index contributed by atoms with van der Waals surface area (Å²) in [6, 6.07) is 0. The van der Waals surface area contributed by atoms with Crippen molar-refractivity contribution in [3.63, 3.8) is 0 Å². The minimum absolute atomic E-state index is 0.168. The van der Waals surface area contributed by atoms with Crippen LogP contribution >= 0.6 is 0 Å². The number of esters is 1. The van der Waals surface area contributed by atoms with Crippen LogP contribution in [-0.4, -0.2) is 81.6 Å². The molecule has 0 saturated carbocycles. The first-order valence-electron chi connectivity index (χ1n) is 5.86. The summed E-state index contributed by atoms with van der Waals surface area (Å²) >= 11 is 0. The average Bonchev–Trinajstić information content (AvgIpc) is 2.44. The van der Waals surface area contributed by atoms with Gasteiger partial charge in [-0.25, -0.2) is 5.43 Å². The van der Waals surface area contributed by atoms with Gasteiger partial charge in [-0.05, 0) is 6.92 Å². The van der Waals surface area contributed by atoms with Gasteiger partial charge in [0.2, 0.25) is 0 Å². The highest BCUT2D eigenvalue weighted by Crippen LogP contribution is 2.04. The maximum absolute atomic E-state index is 11.3. The Morgan fingerprint density at radius 3 is 2.25 bits per heavy atom. The van der Waals surface area contributed by atoms with Gasteiger partial charge in [-0.15, -0.1) is 0 Å². The molecule has 0 fully saturated rings. The summed E-state index contributed by atoms with van der Waals surface area (Å²) in [5, 5.41) is 45.7. The minimum Gasteiger partial charge on any atom is -0.465 e. The third-order valence-corrected chi connectivity index (χ3v) is 2.27. The Kier molecular flexibility index (Phi) is 8.96. The SMILES string of the molecule is CCOC(=O)CNNC(=O)[C@H](O)[C@H](O)[C@H](O)[C@H](O)CO. The van der Waals surface area contributed by atoms with Crippen molar-refractivity contribution < 1.29 is 39.9 Å². The lowest BCUT2D eigenvalue weighted by Gasteiger charge is -2.24. The van der Waals surface area contributed by atoms with Crippen LogP contribution in [0.2, 0.25) is 0 Å². The summed E-state index contributed by atoms with van der Waals surface area (Å²) in [5.74, 6) is -1.77. The van der Waals surface area contributed by atoms with E-state index in [1.54, 1.807) is 6.92 Å². The molecule has 0 rings (SSSR count). The second-order valence-electron chi connectivity index (χ2n) is 3.82. The van der Waals surface area contributed by atoms with Gasteiger partial charge in [0.15, 0.2) is 6.10 Å². The smallest absolute Gasteiger partial charge is 0.321 e. The van der Waals surface area contributed by atoms with Crippen LogP contribution in [0.25, 0.3) is 0 Å². The summed E-state index contributed by atoms with van der Waals surface area (Å²) in [5.41, 5.74) is 4.06. The molecule has 0 spiro atoms. The van der Waals surface area contributed by atoms with Gasteiger partial charge in [0.05, 0.1) is 13.2 Å². The second-order valence-corrected chi connectivity index (χ2v) is 3.82. The molecule has 0 saturated heterocycles. The summed E-state index contributed by atoms with van der Waals surface area (Å²) in [6.45, 7) is 0.559. The molecule has 0 aromatic heterocycles. The molecule has 10 nitrogen and oxygen atoms in total. The molecule has 1 amide bonds. The highest BCUT2D eigenvalue weighted by atomic mass is 16.5. The van der Waals surface area contributed by atoms with Gasteiger partial charge in [-0.3, -0.25) is 15.0 Å². The van der Waals surface area contributed by atoms with E-state index in [0.29, 0.717) is 0 Å². The summed E-state index contributed by atoms with van der Waals surface area (Å²) < 4.78 is 4.55. The molecule has 20 heavy (non-hydrogen) atoms. The molecule has 0 radical (unpaired) electrons. The van der Waals surface area contributed by atoms with Crippen LogP contribution < -0.4 is 10.9 Å². The van der Waals surface area contributed by atoms with Gasteiger partial charge in [0.1, 0.15) is 24.9 Å². The quantitative estimate of drug-likeness (QED) is 0.164. The second kappa shape index (κ2) is 9.58. The van der Waals surface area contributed by atoms with Crippen molar-refractivity contribution in [2.75, 3.05) is 19.8 Å². The lowest BCUT2D eigenvalue weighted by atomic mass is 10.0. The molecule has 4 atom stereocenters. The number of carbonyl (C=O) groups is 2.